The zero-order valence-electron chi connectivity index (χ0n) is 9.95. The van der Waals surface area contributed by atoms with Gasteiger partial charge >= 0.3 is 0 Å². The minimum Gasteiger partial charge on any atom is -0.319 e. The molecule has 2 rings (SSSR count). The quantitative estimate of drug-likeness (QED) is 0.888. The largest absolute Gasteiger partial charge is 0.319 e. The molecule has 0 atom stereocenters. The number of nitrogens with one attached hydrogen (secondary N) is 1. The first-order valence-corrected chi connectivity index (χ1v) is 7.06. The second kappa shape index (κ2) is 5.94. The van der Waals surface area contributed by atoms with Crippen LogP contribution in [0.3, 0.4) is 0 Å². The van der Waals surface area contributed by atoms with Gasteiger partial charge in [0.2, 0.25) is 0 Å². The van der Waals surface area contributed by atoms with Gasteiger partial charge in [-0.15, -0.1) is 0 Å². The zero-order chi connectivity index (χ0) is 14.0. The van der Waals surface area contributed by atoms with E-state index in [1.54, 1.807) is 29.1 Å². The second-order valence-corrected chi connectivity index (χ2v) is 5.35. The predicted octanol–water partition coefficient (Wildman–Crippen LogP) is 4.22. The summed E-state index contributed by atoms with van der Waals surface area (Å²) in [5.74, 6) is -0.296. The summed E-state index contributed by atoms with van der Waals surface area (Å²) in [7, 11) is 0. The Morgan fingerprint density at radius 2 is 2.21 bits per heavy atom. The van der Waals surface area contributed by atoms with Gasteiger partial charge in [-0.2, -0.15) is 5.10 Å². The molecule has 0 aliphatic carbocycles. The van der Waals surface area contributed by atoms with Crippen molar-refractivity contribution in [2.75, 3.05) is 5.32 Å². The maximum absolute atomic E-state index is 12.2. The van der Waals surface area contributed by atoms with Crippen LogP contribution >= 0.6 is 39.1 Å². The van der Waals surface area contributed by atoms with Crippen molar-refractivity contribution < 1.29 is 4.79 Å². The summed E-state index contributed by atoms with van der Waals surface area (Å²) in [4.78, 5) is 12.2. The van der Waals surface area contributed by atoms with Gasteiger partial charge in [0.15, 0.2) is 0 Å². The van der Waals surface area contributed by atoms with Crippen LogP contribution < -0.4 is 5.32 Å². The number of rotatable bonds is 3. The van der Waals surface area contributed by atoms with Gasteiger partial charge in [-0.25, -0.2) is 0 Å². The number of hydrogen-bond donors (Lipinski definition) is 1. The zero-order valence-corrected chi connectivity index (χ0v) is 13.1. The van der Waals surface area contributed by atoms with Crippen molar-refractivity contribution in [1.29, 1.82) is 0 Å². The molecule has 7 heteroatoms. The molecule has 1 aromatic heterocycles. The lowest BCUT2D eigenvalue weighted by atomic mass is 10.3. The summed E-state index contributed by atoms with van der Waals surface area (Å²) in [6, 6.07) is 5.06. The second-order valence-electron chi connectivity index (χ2n) is 3.71. The number of carbonyl (C=O) groups is 1. The molecular weight excluding hydrogens is 353 g/mol. The van der Waals surface area contributed by atoms with E-state index in [0.717, 1.165) is 0 Å². The fourth-order valence-electron chi connectivity index (χ4n) is 1.61. The normalized spacial score (nSPS) is 10.5. The minimum atomic E-state index is -0.296. The molecule has 19 heavy (non-hydrogen) atoms. The molecule has 0 radical (unpaired) electrons. The monoisotopic (exact) mass is 361 g/mol. The number of benzene rings is 1. The van der Waals surface area contributed by atoms with Crippen molar-refractivity contribution in [3.8, 4) is 0 Å². The summed E-state index contributed by atoms with van der Waals surface area (Å²) >= 11 is 15.2. The van der Waals surface area contributed by atoms with Gasteiger partial charge in [0.25, 0.3) is 5.91 Å². The third-order valence-electron chi connectivity index (χ3n) is 2.51. The van der Waals surface area contributed by atoms with Gasteiger partial charge in [-0.1, -0.05) is 29.3 Å². The molecule has 0 aliphatic heterocycles. The Morgan fingerprint density at radius 3 is 2.89 bits per heavy atom. The molecule has 1 aromatic carbocycles. The number of carbonyl (C=O) groups excluding carboxylic acids is 1. The van der Waals surface area contributed by atoms with Crippen molar-refractivity contribution in [1.82, 2.24) is 9.78 Å². The fraction of sp³-hybridized carbons (Fsp3) is 0.167. The van der Waals surface area contributed by atoms with Crippen LogP contribution in [0.1, 0.15) is 17.4 Å². The highest BCUT2D eigenvalue weighted by Crippen LogP contribution is 2.30. The molecule has 0 fully saturated rings. The van der Waals surface area contributed by atoms with Crippen LogP contribution in [0.5, 0.6) is 0 Å². The molecule has 1 N–H and O–H groups in total. The summed E-state index contributed by atoms with van der Waals surface area (Å²) < 4.78 is 2.22. The van der Waals surface area contributed by atoms with Crippen molar-refractivity contribution in [2.45, 2.75) is 13.5 Å². The highest BCUT2D eigenvalue weighted by atomic mass is 79.9. The SMILES string of the molecule is CCn1ncc(Br)c1C(=O)Nc1cccc(Cl)c1Cl. The Bertz CT molecular complexity index is 627. The van der Waals surface area contributed by atoms with Crippen LogP contribution in [0, 0.1) is 0 Å². The summed E-state index contributed by atoms with van der Waals surface area (Å²) in [5, 5.41) is 7.52. The van der Waals surface area contributed by atoms with Crippen molar-refractivity contribution >= 4 is 50.7 Å². The lowest BCUT2D eigenvalue weighted by molar-refractivity contribution is 0.101. The van der Waals surface area contributed by atoms with E-state index in [2.05, 4.69) is 26.3 Å². The lowest BCUT2D eigenvalue weighted by Gasteiger charge is -2.09. The fourth-order valence-corrected chi connectivity index (χ4v) is 2.43. The molecule has 2 aromatic rings. The van der Waals surface area contributed by atoms with E-state index in [9.17, 15) is 4.79 Å². The van der Waals surface area contributed by atoms with Crippen LogP contribution in [0.2, 0.25) is 10.0 Å². The number of aryl methyl sites for hydroxylation is 1. The third-order valence-corrected chi connectivity index (χ3v) is 3.91. The average Bonchev–Trinajstić information content (AvgIpc) is 2.76. The van der Waals surface area contributed by atoms with E-state index in [4.69, 9.17) is 23.2 Å². The molecule has 0 saturated carbocycles. The highest BCUT2D eigenvalue weighted by molar-refractivity contribution is 9.10. The maximum Gasteiger partial charge on any atom is 0.275 e. The smallest absolute Gasteiger partial charge is 0.275 e. The van der Waals surface area contributed by atoms with E-state index >= 15 is 0 Å². The Balaban J connectivity index is 2.31. The van der Waals surface area contributed by atoms with E-state index in [1.807, 2.05) is 6.92 Å². The molecule has 0 saturated heterocycles. The number of hydrogen-bond acceptors (Lipinski definition) is 2. The van der Waals surface area contributed by atoms with Gasteiger partial charge in [0.05, 0.1) is 26.4 Å². The summed E-state index contributed by atoms with van der Waals surface area (Å²) in [6.07, 6.45) is 1.58. The van der Waals surface area contributed by atoms with E-state index in [-0.39, 0.29) is 5.91 Å². The lowest BCUT2D eigenvalue weighted by Crippen LogP contribution is -2.18. The standard InChI is InChI=1S/C12H10BrCl2N3O/c1-2-18-11(7(13)6-16-18)12(19)17-9-5-3-4-8(14)10(9)15/h3-6H,2H2,1H3,(H,17,19). The van der Waals surface area contributed by atoms with Crippen LogP contribution in [-0.4, -0.2) is 15.7 Å². The van der Waals surface area contributed by atoms with Gasteiger partial charge in [-0.05, 0) is 35.0 Å². The van der Waals surface area contributed by atoms with Crippen molar-refractivity contribution in [3.05, 3.63) is 44.6 Å². The average molecular weight is 363 g/mol. The van der Waals surface area contributed by atoms with E-state index in [1.165, 1.54) is 0 Å². The van der Waals surface area contributed by atoms with Gasteiger partial charge < -0.3 is 5.32 Å². The molecule has 4 nitrogen and oxygen atoms in total. The topological polar surface area (TPSA) is 46.9 Å². The molecule has 0 bridgehead atoms. The van der Waals surface area contributed by atoms with Gasteiger partial charge in [0.1, 0.15) is 5.69 Å². The molecule has 0 unspecified atom stereocenters. The molecule has 0 spiro atoms. The number of anilines is 1. The van der Waals surface area contributed by atoms with Crippen LogP contribution in [0.25, 0.3) is 0 Å². The van der Waals surface area contributed by atoms with Gasteiger partial charge in [-0.3, -0.25) is 9.48 Å². The number of amides is 1. The van der Waals surface area contributed by atoms with Crippen molar-refractivity contribution in [3.63, 3.8) is 0 Å². The van der Waals surface area contributed by atoms with Crippen molar-refractivity contribution in [2.24, 2.45) is 0 Å². The van der Waals surface area contributed by atoms with E-state index < -0.39 is 0 Å². The highest BCUT2D eigenvalue weighted by Gasteiger charge is 2.17. The molecular formula is C12H10BrCl2N3O. The predicted molar refractivity (Wildman–Crippen MR) is 80.0 cm³/mol. The Morgan fingerprint density at radius 1 is 1.47 bits per heavy atom. The summed E-state index contributed by atoms with van der Waals surface area (Å²) in [5.41, 5.74) is 0.911. The minimum absolute atomic E-state index is 0.296. The number of nitrogens with zero attached hydrogens (tertiary/aromatic N) is 2. The first-order valence-electron chi connectivity index (χ1n) is 5.51. The maximum atomic E-state index is 12.2. The first kappa shape index (κ1) is 14.4. The molecule has 1 heterocycles. The molecule has 1 amide bonds. The van der Waals surface area contributed by atoms with Crippen LogP contribution in [0.15, 0.2) is 28.9 Å². The molecule has 100 valence electrons. The Kier molecular flexibility index (Phi) is 4.50. The molecule has 0 aliphatic rings. The Labute approximate surface area is 128 Å². The number of aromatic nitrogens is 2. The Hall–Kier alpha value is -1.04. The van der Waals surface area contributed by atoms with Crippen LogP contribution in [0.4, 0.5) is 5.69 Å². The summed E-state index contributed by atoms with van der Waals surface area (Å²) in [6.45, 7) is 2.50. The number of halogens is 3. The van der Waals surface area contributed by atoms with Crippen LogP contribution in [-0.2, 0) is 6.54 Å². The van der Waals surface area contributed by atoms with Gasteiger partial charge in [0, 0.05) is 6.54 Å². The first-order chi connectivity index (χ1) is 9.04. The van der Waals surface area contributed by atoms with E-state index in [0.29, 0.717) is 32.4 Å². The third kappa shape index (κ3) is 2.94.